The Kier molecular flexibility index (Phi) is 5.28. The summed E-state index contributed by atoms with van der Waals surface area (Å²) in [5.41, 5.74) is 1.24. The van der Waals surface area contributed by atoms with Crippen molar-refractivity contribution in [2.75, 3.05) is 0 Å². The number of nitrogens with zero attached hydrogens (tertiary/aromatic N) is 3. The molecule has 0 spiro atoms. The van der Waals surface area contributed by atoms with E-state index in [4.69, 9.17) is 0 Å². The van der Waals surface area contributed by atoms with Gasteiger partial charge >= 0.3 is 0 Å². The summed E-state index contributed by atoms with van der Waals surface area (Å²) in [6.07, 6.45) is 1.73. The highest BCUT2D eigenvalue weighted by atomic mass is 32.2. The van der Waals surface area contributed by atoms with E-state index < -0.39 is 10.2 Å². The second kappa shape index (κ2) is 7.79. The van der Waals surface area contributed by atoms with Crippen LogP contribution in [0.25, 0.3) is 0 Å². The van der Waals surface area contributed by atoms with E-state index in [1.807, 2.05) is 0 Å². The second-order valence-electron chi connectivity index (χ2n) is 5.43. The van der Waals surface area contributed by atoms with Crippen molar-refractivity contribution in [3.8, 4) is 5.75 Å². The molecule has 2 aromatic carbocycles. The Hall–Kier alpha value is -3.20. The fourth-order valence-corrected chi connectivity index (χ4v) is 3.31. The third-order valence-electron chi connectivity index (χ3n) is 3.62. The Morgan fingerprint density at radius 2 is 1.96 bits per heavy atom. The van der Waals surface area contributed by atoms with Crippen LogP contribution in [0.3, 0.4) is 0 Å². The number of carbonyl (C=O) groups excluding carboxylic acids is 1. The molecular weight excluding hydrogens is 356 g/mol. The van der Waals surface area contributed by atoms with Crippen LogP contribution in [-0.2, 0) is 11.2 Å². The average Bonchev–Trinajstić information content (AvgIpc) is 2.96. The first-order valence-corrected chi connectivity index (χ1v) is 8.51. The number of para-hydroxylation sites is 1. The fourth-order valence-electron chi connectivity index (χ4n) is 2.36. The highest BCUT2D eigenvalue weighted by Gasteiger charge is 2.32. The van der Waals surface area contributed by atoms with Gasteiger partial charge in [0.05, 0.1) is 16.4 Å². The number of phenols is 1. The van der Waals surface area contributed by atoms with Gasteiger partial charge in [0.2, 0.25) is 5.91 Å². The maximum Gasteiger partial charge on any atom is 0.272 e. The zero-order chi connectivity index (χ0) is 18.5. The van der Waals surface area contributed by atoms with Crippen LogP contribution < -0.4 is 5.32 Å². The normalized spacial score (nSPS) is 18.4. The molecule has 8 nitrogen and oxygen atoms in total. The van der Waals surface area contributed by atoms with Gasteiger partial charge in [-0.3, -0.25) is 14.9 Å². The number of nitro groups is 1. The van der Waals surface area contributed by atoms with Crippen LogP contribution in [0.4, 0.5) is 5.69 Å². The number of hydrogen-bond donors (Lipinski definition) is 2. The van der Waals surface area contributed by atoms with Gasteiger partial charge in [-0.05, 0) is 29.8 Å². The number of amidine groups is 1. The molecule has 0 radical (unpaired) electrons. The van der Waals surface area contributed by atoms with E-state index >= 15 is 0 Å². The first-order chi connectivity index (χ1) is 12.5. The Balaban J connectivity index is 1.67. The molecule has 1 fully saturated rings. The second-order valence-corrected chi connectivity index (χ2v) is 6.62. The van der Waals surface area contributed by atoms with Crippen LogP contribution in [0.5, 0.6) is 5.75 Å². The molecule has 2 N–H and O–H groups in total. The smallest absolute Gasteiger partial charge is 0.272 e. The van der Waals surface area contributed by atoms with Crippen molar-refractivity contribution in [2.45, 2.75) is 11.7 Å². The first-order valence-electron chi connectivity index (χ1n) is 7.63. The van der Waals surface area contributed by atoms with Crippen molar-refractivity contribution < 1.29 is 14.8 Å². The zero-order valence-corrected chi connectivity index (χ0v) is 14.2. The molecule has 132 valence electrons. The van der Waals surface area contributed by atoms with Crippen LogP contribution in [0.1, 0.15) is 11.1 Å². The van der Waals surface area contributed by atoms with Crippen molar-refractivity contribution >= 4 is 34.7 Å². The van der Waals surface area contributed by atoms with Gasteiger partial charge in [0, 0.05) is 18.1 Å². The molecule has 0 aliphatic carbocycles. The van der Waals surface area contributed by atoms with E-state index in [1.165, 1.54) is 36.2 Å². The maximum atomic E-state index is 12.1. The Bertz CT molecular complexity index is 896. The topological polar surface area (TPSA) is 117 Å². The number of aromatic hydroxyl groups is 1. The van der Waals surface area contributed by atoms with Gasteiger partial charge in [0.15, 0.2) is 5.17 Å². The molecule has 2 aromatic rings. The Morgan fingerprint density at radius 1 is 1.23 bits per heavy atom. The van der Waals surface area contributed by atoms with E-state index in [0.717, 1.165) is 5.56 Å². The van der Waals surface area contributed by atoms with Crippen molar-refractivity contribution in [1.29, 1.82) is 0 Å². The predicted molar refractivity (Wildman–Crippen MR) is 99.5 cm³/mol. The van der Waals surface area contributed by atoms with Crippen molar-refractivity contribution in [1.82, 2.24) is 5.32 Å². The molecule has 1 aliphatic rings. The number of nitrogens with one attached hydrogen (secondary N) is 1. The van der Waals surface area contributed by atoms with Crippen LogP contribution in [0.2, 0.25) is 0 Å². The van der Waals surface area contributed by atoms with Crippen molar-refractivity contribution in [3.05, 3.63) is 69.8 Å². The van der Waals surface area contributed by atoms with E-state index in [9.17, 15) is 20.0 Å². The largest absolute Gasteiger partial charge is 0.508 e. The van der Waals surface area contributed by atoms with Gasteiger partial charge in [-0.2, -0.15) is 5.10 Å². The lowest BCUT2D eigenvalue weighted by molar-refractivity contribution is -0.385. The van der Waals surface area contributed by atoms with E-state index in [-0.39, 0.29) is 23.8 Å². The minimum absolute atomic E-state index is 0.00311. The molecule has 0 bridgehead atoms. The molecular formula is C17H14N4O4S. The molecule has 1 aliphatic heterocycles. The average molecular weight is 370 g/mol. The lowest BCUT2D eigenvalue weighted by Gasteiger charge is -2.05. The summed E-state index contributed by atoms with van der Waals surface area (Å²) in [7, 11) is 0. The van der Waals surface area contributed by atoms with Gasteiger partial charge < -0.3 is 10.4 Å². The Labute approximate surface area is 152 Å². The highest BCUT2D eigenvalue weighted by molar-refractivity contribution is 8.15. The summed E-state index contributed by atoms with van der Waals surface area (Å²) < 4.78 is 0. The molecule has 1 atom stereocenters. The number of hydrogen-bond acceptors (Lipinski definition) is 7. The molecule has 9 heteroatoms. The molecule has 3 rings (SSSR count). The summed E-state index contributed by atoms with van der Waals surface area (Å²) in [4.78, 5) is 22.7. The Morgan fingerprint density at radius 3 is 2.69 bits per heavy atom. The zero-order valence-electron chi connectivity index (χ0n) is 13.4. The van der Waals surface area contributed by atoms with E-state index in [1.54, 1.807) is 30.3 Å². The molecule has 1 heterocycles. The summed E-state index contributed by atoms with van der Waals surface area (Å²) in [6.45, 7) is 0. The van der Waals surface area contributed by atoms with Gasteiger partial charge in [-0.15, -0.1) is 5.10 Å². The number of nitro benzene ring substituents is 1. The monoisotopic (exact) mass is 370 g/mol. The molecule has 26 heavy (non-hydrogen) atoms. The number of phenolic OH excluding ortho intramolecular Hbond substituents is 1. The number of thioether (sulfide) groups is 1. The molecule has 1 saturated heterocycles. The highest BCUT2D eigenvalue weighted by Crippen LogP contribution is 2.27. The molecule has 0 aromatic heterocycles. The number of rotatable bonds is 5. The lowest BCUT2D eigenvalue weighted by atomic mass is 10.1. The SMILES string of the molecule is O=C1N/C(=N\N=C\c2ccc(O)cc2)S[C@@H]1Cc1ccccc1[N+](=O)[O-]. The van der Waals surface area contributed by atoms with Crippen LogP contribution in [0, 0.1) is 10.1 Å². The lowest BCUT2D eigenvalue weighted by Crippen LogP contribution is -2.26. The van der Waals surface area contributed by atoms with Crippen molar-refractivity contribution in [3.63, 3.8) is 0 Å². The van der Waals surface area contributed by atoms with E-state index in [2.05, 4.69) is 15.5 Å². The molecule has 0 unspecified atom stereocenters. The fraction of sp³-hybridized carbons (Fsp3) is 0.118. The van der Waals surface area contributed by atoms with Crippen LogP contribution >= 0.6 is 11.8 Å². The number of benzene rings is 2. The van der Waals surface area contributed by atoms with Gasteiger partial charge in [-0.25, -0.2) is 0 Å². The molecule has 0 saturated carbocycles. The van der Waals surface area contributed by atoms with Crippen molar-refractivity contribution in [2.24, 2.45) is 10.2 Å². The summed E-state index contributed by atoms with van der Waals surface area (Å²) in [5.74, 6) is -0.100. The minimum Gasteiger partial charge on any atom is -0.508 e. The van der Waals surface area contributed by atoms with Crippen LogP contribution in [-0.4, -0.2) is 32.6 Å². The van der Waals surface area contributed by atoms with E-state index in [0.29, 0.717) is 10.7 Å². The summed E-state index contributed by atoms with van der Waals surface area (Å²) in [5, 5.41) is 30.6. The van der Waals surface area contributed by atoms with Gasteiger partial charge in [-0.1, -0.05) is 30.0 Å². The van der Waals surface area contributed by atoms with Gasteiger partial charge in [0.1, 0.15) is 5.75 Å². The third-order valence-corrected chi connectivity index (χ3v) is 4.69. The summed E-state index contributed by atoms with van der Waals surface area (Å²) >= 11 is 1.18. The molecule has 1 amide bonds. The number of amides is 1. The van der Waals surface area contributed by atoms with Crippen LogP contribution in [0.15, 0.2) is 58.7 Å². The third kappa shape index (κ3) is 4.25. The quantitative estimate of drug-likeness (QED) is 0.476. The summed E-state index contributed by atoms with van der Waals surface area (Å²) in [6, 6.07) is 12.8. The minimum atomic E-state index is -0.501. The standard InChI is InChI=1S/C17H14N4O4S/c22-13-7-5-11(6-8-13)10-18-20-17-19-16(23)15(26-17)9-12-3-1-2-4-14(12)21(24)25/h1-8,10,15,22H,9H2,(H,19,20,23)/b18-10+/t15-/m1/s1. The van der Waals surface area contributed by atoms with Gasteiger partial charge in [0.25, 0.3) is 5.69 Å². The predicted octanol–water partition coefficient (Wildman–Crippen LogP) is 2.46. The first kappa shape index (κ1) is 17.6. The number of carbonyl (C=O) groups is 1. The maximum absolute atomic E-state index is 12.1.